The van der Waals surface area contributed by atoms with Crippen molar-refractivity contribution in [1.82, 2.24) is 20.1 Å². The van der Waals surface area contributed by atoms with Gasteiger partial charge in [-0.05, 0) is 77.6 Å². The van der Waals surface area contributed by atoms with E-state index in [4.69, 9.17) is 15.8 Å². The van der Waals surface area contributed by atoms with Gasteiger partial charge >= 0.3 is 0 Å². The molecule has 8 heteroatoms. The van der Waals surface area contributed by atoms with E-state index in [1.807, 2.05) is 23.0 Å². The zero-order chi connectivity index (χ0) is 32.0. The maximum absolute atomic E-state index is 12.6. The molecule has 232 valence electrons. The fourth-order valence-corrected chi connectivity index (χ4v) is 5.40. The van der Waals surface area contributed by atoms with Gasteiger partial charge in [-0.3, -0.25) is 14.6 Å². The lowest BCUT2D eigenvalue weighted by molar-refractivity contribution is -0.127. The Morgan fingerprint density at radius 2 is 1.60 bits per heavy atom. The summed E-state index contributed by atoms with van der Waals surface area (Å²) in [5, 5.41) is 19.5. The first kappa shape index (κ1) is 31.4. The molecule has 2 heterocycles. The molecule has 1 unspecified atom stereocenters. The number of hydrogen-bond acceptors (Lipinski definition) is 5. The molecule has 3 aromatic carbocycles. The third kappa shape index (κ3) is 8.15. The number of carbonyl (C=O) groups excluding carboxylic acids is 2. The zero-order valence-corrected chi connectivity index (χ0v) is 26.2. The fourth-order valence-electron chi connectivity index (χ4n) is 5.40. The van der Waals surface area contributed by atoms with Crippen molar-refractivity contribution in [2.45, 2.75) is 70.8 Å². The van der Waals surface area contributed by atoms with Crippen molar-refractivity contribution in [2.24, 2.45) is 5.73 Å². The quantitative estimate of drug-likeness (QED) is 0.142. The Kier molecular flexibility index (Phi) is 9.62. The molecule has 0 fully saturated rings. The fraction of sp³-hybridized carbons (Fsp3) is 0.297. The summed E-state index contributed by atoms with van der Waals surface area (Å²) in [6.07, 6.45) is 5.65. The molecule has 0 aliphatic rings. The summed E-state index contributed by atoms with van der Waals surface area (Å²) in [4.78, 5) is 29.3. The molecular formula is C37H41N5O3. The van der Waals surface area contributed by atoms with Gasteiger partial charge in [-0.25, -0.2) is 4.68 Å². The molecule has 2 amide bonds. The average Bonchev–Trinajstić information content (AvgIpc) is 3.45. The van der Waals surface area contributed by atoms with Gasteiger partial charge in [0.1, 0.15) is 17.5 Å². The number of nitrogens with one attached hydrogen (secondary N) is 1. The molecule has 0 bridgehead atoms. The van der Waals surface area contributed by atoms with E-state index in [0.717, 1.165) is 58.4 Å². The lowest BCUT2D eigenvalue weighted by atomic mass is 9.87. The number of phenolic OH excluding ortho intramolecular Hbond substituents is 1. The Hall–Kier alpha value is -4.98. The van der Waals surface area contributed by atoms with Crippen LogP contribution in [0.5, 0.6) is 5.75 Å². The second-order valence-corrected chi connectivity index (χ2v) is 12.6. The van der Waals surface area contributed by atoms with Crippen molar-refractivity contribution in [2.75, 3.05) is 0 Å². The number of aromatic hydroxyl groups is 1. The molecular weight excluding hydrogens is 562 g/mol. The first-order valence-corrected chi connectivity index (χ1v) is 15.5. The van der Waals surface area contributed by atoms with Crippen LogP contribution in [0.4, 0.5) is 0 Å². The molecule has 0 aliphatic heterocycles. The molecule has 2 aromatic heterocycles. The van der Waals surface area contributed by atoms with E-state index in [1.165, 1.54) is 5.56 Å². The van der Waals surface area contributed by atoms with Gasteiger partial charge in [-0.1, -0.05) is 75.7 Å². The number of carbonyl (C=O) groups is 2. The minimum Gasteiger partial charge on any atom is -0.508 e. The topological polar surface area (TPSA) is 123 Å². The first-order chi connectivity index (χ1) is 21.6. The Bertz CT molecular complexity index is 1770. The summed E-state index contributed by atoms with van der Waals surface area (Å²) in [5.41, 5.74) is 11.4. The smallest absolute Gasteiger partial charge is 0.240 e. The predicted molar refractivity (Wildman–Crippen MR) is 178 cm³/mol. The van der Waals surface area contributed by atoms with E-state index >= 15 is 0 Å². The summed E-state index contributed by atoms with van der Waals surface area (Å²) in [5.74, 6) is -0.648. The number of nitrogens with two attached hydrogens (primary N) is 1. The highest BCUT2D eigenvalue weighted by Gasteiger charge is 2.19. The Labute approximate surface area is 264 Å². The number of nitrogens with zero attached hydrogens (tertiary/aromatic N) is 3. The van der Waals surface area contributed by atoms with E-state index in [1.54, 1.807) is 24.3 Å². The molecule has 0 saturated carbocycles. The van der Waals surface area contributed by atoms with E-state index in [2.05, 4.69) is 74.6 Å². The van der Waals surface area contributed by atoms with E-state index in [0.29, 0.717) is 12.8 Å². The van der Waals surface area contributed by atoms with E-state index in [9.17, 15) is 14.7 Å². The Morgan fingerprint density at radius 1 is 0.889 bits per heavy atom. The molecule has 0 saturated heterocycles. The summed E-state index contributed by atoms with van der Waals surface area (Å²) < 4.78 is 2.01. The Morgan fingerprint density at radius 3 is 2.29 bits per heavy atom. The van der Waals surface area contributed by atoms with Gasteiger partial charge < -0.3 is 16.2 Å². The van der Waals surface area contributed by atoms with Crippen LogP contribution in [0.3, 0.4) is 0 Å². The van der Waals surface area contributed by atoms with Crippen LogP contribution in [0.25, 0.3) is 27.8 Å². The molecule has 0 aliphatic carbocycles. The maximum Gasteiger partial charge on any atom is 0.240 e. The number of phenols is 1. The minimum absolute atomic E-state index is 0.0565. The summed E-state index contributed by atoms with van der Waals surface area (Å²) in [7, 11) is 0. The number of primary amides is 1. The van der Waals surface area contributed by atoms with Crippen LogP contribution in [0, 0.1) is 0 Å². The number of fused-ring (bicyclic) bond motifs is 1. The van der Waals surface area contributed by atoms with Gasteiger partial charge in [0.25, 0.3) is 0 Å². The predicted octanol–water partition coefficient (Wildman–Crippen LogP) is 6.41. The second kappa shape index (κ2) is 13.8. The second-order valence-electron chi connectivity index (χ2n) is 12.6. The number of aryl methyl sites for hydroxylation is 1. The summed E-state index contributed by atoms with van der Waals surface area (Å²) in [6, 6.07) is 26.6. The number of pyridine rings is 1. The monoisotopic (exact) mass is 603 g/mol. The molecule has 8 nitrogen and oxygen atoms in total. The van der Waals surface area contributed by atoms with Crippen LogP contribution in [-0.4, -0.2) is 37.7 Å². The van der Waals surface area contributed by atoms with Crippen LogP contribution in [0.2, 0.25) is 0 Å². The van der Waals surface area contributed by atoms with Gasteiger partial charge in [-0.15, -0.1) is 0 Å². The highest BCUT2D eigenvalue weighted by atomic mass is 16.3. The molecule has 45 heavy (non-hydrogen) atoms. The number of hydrogen-bond donors (Lipinski definition) is 3. The molecule has 0 radical (unpaired) electrons. The van der Waals surface area contributed by atoms with Gasteiger partial charge in [0.05, 0.1) is 11.4 Å². The molecule has 5 aromatic rings. The summed E-state index contributed by atoms with van der Waals surface area (Å²) >= 11 is 0. The number of unbranched alkanes of at least 4 members (excludes halogenated alkanes) is 2. The highest BCUT2D eigenvalue weighted by molar-refractivity contribution is 5.87. The van der Waals surface area contributed by atoms with E-state index in [-0.39, 0.29) is 23.5 Å². The first-order valence-electron chi connectivity index (χ1n) is 15.5. The Balaban J connectivity index is 1.24. The minimum atomic E-state index is -0.803. The number of benzene rings is 3. The zero-order valence-electron chi connectivity index (χ0n) is 26.2. The summed E-state index contributed by atoms with van der Waals surface area (Å²) in [6.45, 7) is 6.61. The number of aromatic nitrogens is 3. The van der Waals surface area contributed by atoms with Gasteiger partial charge in [-0.2, -0.15) is 5.10 Å². The third-order valence-corrected chi connectivity index (χ3v) is 8.05. The standard InChI is InChI=1S/C37H41N5O3/c1-37(2,3)28-15-17-29(18-16-28)42-30(23-33(41-42)32-22-26-9-7-8-10-27(26)24-39-32)11-5-4-6-12-35(44)40-34(36(38)45)21-25-13-19-31(43)20-14-25/h7-10,13-20,22-24,34,43H,4-6,11-12,21H2,1-3H3,(H2,38,45)(H,40,44). The van der Waals surface area contributed by atoms with Crippen molar-refractivity contribution in [3.63, 3.8) is 0 Å². The number of amides is 2. The molecule has 1 atom stereocenters. The van der Waals surface area contributed by atoms with Crippen molar-refractivity contribution < 1.29 is 14.7 Å². The SMILES string of the molecule is CC(C)(C)c1ccc(-n2nc(-c3cc4ccccc4cn3)cc2CCCCCC(=O)NC(Cc2ccc(O)cc2)C(N)=O)cc1. The van der Waals surface area contributed by atoms with Crippen LogP contribution in [0.15, 0.2) is 91.1 Å². The molecule has 5 rings (SSSR count). The van der Waals surface area contributed by atoms with Gasteiger partial charge in [0, 0.05) is 30.1 Å². The lowest BCUT2D eigenvalue weighted by Crippen LogP contribution is -2.45. The number of rotatable bonds is 12. The molecule has 0 spiro atoms. The van der Waals surface area contributed by atoms with Crippen LogP contribution >= 0.6 is 0 Å². The van der Waals surface area contributed by atoms with Crippen LogP contribution in [-0.2, 0) is 27.8 Å². The molecule has 4 N–H and O–H groups in total. The van der Waals surface area contributed by atoms with Crippen molar-refractivity contribution >= 4 is 22.6 Å². The van der Waals surface area contributed by atoms with Crippen molar-refractivity contribution in [3.8, 4) is 22.8 Å². The van der Waals surface area contributed by atoms with Crippen LogP contribution < -0.4 is 11.1 Å². The third-order valence-electron chi connectivity index (χ3n) is 8.05. The highest BCUT2D eigenvalue weighted by Crippen LogP contribution is 2.27. The van der Waals surface area contributed by atoms with Gasteiger partial charge in [0.15, 0.2) is 0 Å². The normalized spacial score (nSPS) is 12.2. The largest absolute Gasteiger partial charge is 0.508 e. The van der Waals surface area contributed by atoms with Gasteiger partial charge in [0.2, 0.25) is 11.8 Å². The van der Waals surface area contributed by atoms with E-state index < -0.39 is 11.9 Å². The van der Waals surface area contributed by atoms with Crippen molar-refractivity contribution in [3.05, 3.63) is 108 Å². The maximum atomic E-state index is 12.6. The van der Waals surface area contributed by atoms with Crippen LogP contribution in [0.1, 0.15) is 63.3 Å². The lowest BCUT2D eigenvalue weighted by Gasteiger charge is -2.19. The van der Waals surface area contributed by atoms with Crippen molar-refractivity contribution in [1.29, 1.82) is 0 Å². The average molecular weight is 604 g/mol.